The molecule has 2 heterocycles. The van der Waals surface area contributed by atoms with Crippen LogP contribution < -0.4 is 0 Å². The van der Waals surface area contributed by atoms with Crippen molar-refractivity contribution >= 4 is 28.4 Å². The van der Waals surface area contributed by atoms with Gasteiger partial charge in [-0.2, -0.15) is 0 Å². The molecule has 1 unspecified atom stereocenters. The summed E-state index contributed by atoms with van der Waals surface area (Å²) in [4.78, 5) is 30.9. The van der Waals surface area contributed by atoms with E-state index in [1.165, 1.54) is 22.4 Å². The van der Waals surface area contributed by atoms with Crippen molar-refractivity contribution in [1.29, 1.82) is 0 Å². The smallest absolute Gasteiger partial charge is 0.295 e. The highest BCUT2D eigenvalue weighted by molar-refractivity contribution is 6.46. The molecule has 1 aromatic heterocycles. The average Bonchev–Trinajstić information content (AvgIpc) is 3.35. The molecule has 1 amide bonds. The summed E-state index contributed by atoms with van der Waals surface area (Å²) in [7, 11) is 1.56. The van der Waals surface area contributed by atoms with Gasteiger partial charge in [-0.1, -0.05) is 30.3 Å². The fourth-order valence-corrected chi connectivity index (χ4v) is 4.98. The number of hydrogen-bond donors (Lipinski definition) is 2. The number of aryl methyl sites for hydroxylation is 2. The first-order valence-corrected chi connectivity index (χ1v) is 11.1. The van der Waals surface area contributed by atoms with Gasteiger partial charge in [-0.25, -0.2) is 0 Å². The quantitative estimate of drug-likeness (QED) is 0.362. The van der Waals surface area contributed by atoms with E-state index in [9.17, 15) is 14.7 Å². The first-order valence-electron chi connectivity index (χ1n) is 11.1. The van der Waals surface area contributed by atoms with Crippen LogP contribution in [-0.4, -0.2) is 46.9 Å². The second-order valence-corrected chi connectivity index (χ2v) is 8.47. The van der Waals surface area contributed by atoms with Crippen LogP contribution in [0.25, 0.3) is 16.7 Å². The molecular formula is C26H26N2O4. The first-order chi connectivity index (χ1) is 15.6. The molecule has 3 aromatic rings. The van der Waals surface area contributed by atoms with Crippen LogP contribution >= 0.6 is 0 Å². The minimum Gasteiger partial charge on any atom is -0.507 e. The molecule has 0 radical (unpaired) electrons. The Morgan fingerprint density at radius 3 is 2.72 bits per heavy atom. The second-order valence-electron chi connectivity index (χ2n) is 8.47. The molecule has 1 saturated heterocycles. The minimum absolute atomic E-state index is 0.119. The lowest BCUT2D eigenvalue weighted by molar-refractivity contribution is -0.140. The zero-order chi connectivity index (χ0) is 22.2. The molecular weight excluding hydrogens is 404 g/mol. The normalized spacial score (nSPS) is 20.2. The number of likely N-dealkylation sites (tertiary alicyclic amines) is 1. The zero-order valence-electron chi connectivity index (χ0n) is 18.1. The molecule has 0 saturated carbocycles. The van der Waals surface area contributed by atoms with Gasteiger partial charge in [-0.3, -0.25) is 9.59 Å². The zero-order valence-corrected chi connectivity index (χ0v) is 18.1. The Labute approximate surface area is 186 Å². The number of carbonyl (C=O) groups is 2. The van der Waals surface area contributed by atoms with Crippen molar-refractivity contribution in [3.63, 3.8) is 0 Å². The van der Waals surface area contributed by atoms with E-state index in [4.69, 9.17) is 4.74 Å². The van der Waals surface area contributed by atoms with Crippen LogP contribution in [0.4, 0.5) is 0 Å². The van der Waals surface area contributed by atoms with Gasteiger partial charge in [0.2, 0.25) is 0 Å². The fraction of sp³-hybridized carbons (Fsp3) is 0.308. The number of benzene rings is 2. The molecule has 2 aliphatic rings. The summed E-state index contributed by atoms with van der Waals surface area (Å²) in [5.74, 6) is -1.39. The molecule has 1 aliphatic heterocycles. The van der Waals surface area contributed by atoms with E-state index in [2.05, 4.69) is 4.98 Å². The van der Waals surface area contributed by atoms with E-state index >= 15 is 0 Å². The Balaban J connectivity index is 1.67. The number of ether oxygens (including phenoxy) is 1. The van der Waals surface area contributed by atoms with Crippen molar-refractivity contribution in [3.05, 3.63) is 76.5 Å². The predicted octanol–water partition coefficient (Wildman–Crippen LogP) is 4.11. The van der Waals surface area contributed by atoms with E-state index in [-0.39, 0.29) is 17.9 Å². The van der Waals surface area contributed by atoms with Gasteiger partial charge in [0.25, 0.3) is 11.7 Å². The first kappa shape index (κ1) is 20.5. The summed E-state index contributed by atoms with van der Waals surface area (Å²) >= 11 is 0. The van der Waals surface area contributed by atoms with Gasteiger partial charge in [0.15, 0.2) is 0 Å². The van der Waals surface area contributed by atoms with Crippen LogP contribution in [0.15, 0.2) is 54.2 Å². The molecule has 32 heavy (non-hydrogen) atoms. The van der Waals surface area contributed by atoms with Gasteiger partial charge in [0, 0.05) is 41.9 Å². The number of aromatic amines is 1. The van der Waals surface area contributed by atoms with Crippen molar-refractivity contribution in [2.75, 3.05) is 20.3 Å². The topological polar surface area (TPSA) is 82.6 Å². The number of hydrogen-bond acceptors (Lipinski definition) is 4. The number of nitrogens with one attached hydrogen (secondary N) is 1. The Morgan fingerprint density at radius 1 is 1.12 bits per heavy atom. The number of carbonyl (C=O) groups excluding carboxylic acids is 2. The number of fused-ring (bicyclic) bond motifs is 2. The van der Waals surface area contributed by atoms with Crippen molar-refractivity contribution in [1.82, 2.24) is 9.88 Å². The SMILES string of the molecule is COCCN1C(=O)C(=O)/C(=C(/O)c2ccc3c(c2)CCCC3)C1c1c[nH]c2ccccc12. The van der Waals surface area contributed by atoms with Crippen molar-refractivity contribution in [2.24, 2.45) is 0 Å². The van der Waals surface area contributed by atoms with E-state index in [0.717, 1.165) is 35.7 Å². The number of methoxy groups -OCH3 is 1. The molecule has 1 fully saturated rings. The second kappa shape index (κ2) is 8.28. The number of H-pyrrole nitrogens is 1. The monoisotopic (exact) mass is 430 g/mol. The third-order valence-electron chi connectivity index (χ3n) is 6.61. The highest BCUT2D eigenvalue weighted by Gasteiger charge is 2.46. The Hall–Kier alpha value is -3.38. The lowest BCUT2D eigenvalue weighted by Crippen LogP contribution is -2.32. The summed E-state index contributed by atoms with van der Waals surface area (Å²) in [5.41, 5.74) is 4.91. The summed E-state index contributed by atoms with van der Waals surface area (Å²) in [6.07, 6.45) is 6.11. The maximum absolute atomic E-state index is 13.2. The van der Waals surface area contributed by atoms with Crippen LogP contribution in [0.3, 0.4) is 0 Å². The highest BCUT2D eigenvalue weighted by Crippen LogP contribution is 2.42. The van der Waals surface area contributed by atoms with Gasteiger partial charge < -0.3 is 19.7 Å². The van der Waals surface area contributed by atoms with Crippen molar-refractivity contribution < 1.29 is 19.4 Å². The standard InChI is InChI=1S/C26H26N2O4/c1-32-13-12-28-23(20-15-27-21-9-5-4-8-19(20)21)22(25(30)26(28)31)24(29)18-11-10-16-6-2-3-7-17(16)14-18/h4-5,8-11,14-15,23,27,29H,2-3,6-7,12-13H2,1H3/b24-22+. The number of nitrogens with zero attached hydrogens (tertiary/aromatic N) is 1. The molecule has 0 bridgehead atoms. The molecule has 2 N–H and O–H groups in total. The lowest BCUT2D eigenvalue weighted by Gasteiger charge is -2.24. The maximum Gasteiger partial charge on any atom is 0.295 e. The number of aliphatic hydroxyl groups excluding tert-OH is 1. The molecule has 2 aromatic carbocycles. The minimum atomic E-state index is -0.683. The summed E-state index contributed by atoms with van der Waals surface area (Å²) in [6, 6.07) is 12.9. The van der Waals surface area contributed by atoms with Crippen LogP contribution in [0.5, 0.6) is 0 Å². The lowest BCUT2D eigenvalue weighted by atomic mass is 9.88. The number of ketones is 1. The van der Waals surface area contributed by atoms with E-state index in [1.807, 2.05) is 48.7 Å². The third kappa shape index (κ3) is 3.31. The number of rotatable bonds is 5. The van der Waals surface area contributed by atoms with Gasteiger partial charge in [0.1, 0.15) is 5.76 Å². The number of amides is 1. The highest BCUT2D eigenvalue weighted by atomic mass is 16.5. The van der Waals surface area contributed by atoms with E-state index in [0.29, 0.717) is 12.2 Å². The van der Waals surface area contributed by atoms with E-state index in [1.54, 1.807) is 7.11 Å². The number of para-hydroxylation sites is 1. The number of aromatic nitrogens is 1. The van der Waals surface area contributed by atoms with Crippen molar-refractivity contribution in [2.45, 2.75) is 31.7 Å². The molecule has 6 nitrogen and oxygen atoms in total. The predicted molar refractivity (Wildman–Crippen MR) is 122 cm³/mol. The Morgan fingerprint density at radius 2 is 1.91 bits per heavy atom. The maximum atomic E-state index is 13.2. The number of aliphatic hydroxyl groups is 1. The third-order valence-corrected chi connectivity index (χ3v) is 6.61. The Bertz CT molecular complexity index is 1240. The summed E-state index contributed by atoms with van der Waals surface area (Å²) in [6.45, 7) is 0.553. The van der Waals surface area contributed by atoms with Crippen LogP contribution in [-0.2, 0) is 27.2 Å². The molecule has 0 spiro atoms. The molecule has 1 atom stereocenters. The average molecular weight is 431 g/mol. The van der Waals surface area contributed by atoms with Gasteiger partial charge >= 0.3 is 0 Å². The largest absolute Gasteiger partial charge is 0.507 e. The summed E-state index contributed by atoms with van der Waals surface area (Å²) in [5, 5.41) is 12.2. The fourth-order valence-electron chi connectivity index (χ4n) is 4.98. The molecule has 164 valence electrons. The van der Waals surface area contributed by atoms with Gasteiger partial charge in [-0.05, 0) is 48.9 Å². The number of Topliss-reactive ketones (excluding diaryl/α,β-unsaturated/α-hetero) is 1. The van der Waals surface area contributed by atoms with Crippen LogP contribution in [0.2, 0.25) is 0 Å². The van der Waals surface area contributed by atoms with Gasteiger partial charge in [-0.15, -0.1) is 0 Å². The molecule has 5 rings (SSSR count). The molecule has 1 aliphatic carbocycles. The van der Waals surface area contributed by atoms with Crippen LogP contribution in [0, 0.1) is 0 Å². The van der Waals surface area contributed by atoms with Crippen LogP contribution in [0.1, 0.15) is 41.1 Å². The molecule has 6 heteroatoms. The Kier molecular flexibility index (Phi) is 5.31. The van der Waals surface area contributed by atoms with Gasteiger partial charge in [0.05, 0.1) is 18.2 Å². The summed E-state index contributed by atoms with van der Waals surface area (Å²) < 4.78 is 5.19. The van der Waals surface area contributed by atoms with E-state index < -0.39 is 17.7 Å². The van der Waals surface area contributed by atoms with Crippen molar-refractivity contribution in [3.8, 4) is 0 Å².